The Kier molecular flexibility index (Phi) is 5.76. The maximum absolute atomic E-state index is 9.56. The molecule has 0 amide bonds. The molecule has 90 valence electrons. The smallest absolute Gasteiger partial charge is 0.119 e. The first-order valence-electron chi connectivity index (χ1n) is 6.25. The molecule has 16 heavy (non-hydrogen) atoms. The van der Waals surface area contributed by atoms with Gasteiger partial charge in [-0.3, -0.25) is 0 Å². The molecule has 0 unspecified atom stereocenters. The van der Waals surface area contributed by atoms with Crippen LogP contribution in [0.1, 0.15) is 51.0 Å². The van der Waals surface area contributed by atoms with E-state index in [4.69, 9.17) is 0 Å². The van der Waals surface area contributed by atoms with E-state index in [-0.39, 0.29) is 5.75 Å². The van der Waals surface area contributed by atoms with Gasteiger partial charge in [0.25, 0.3) is 0 Å². The number of unbranched alkanes of at least 4 members (excludes halogenated alkanes) is 5. The van der Waals surface area contributed by atoms with E-state index >= 15 is 0 Å². The lowest BCUT2D eigenvalue weighted by Gasteiger charge is -2.05. The van der Waals surface area contributed by atoms with E-state index in [0.717, 1.165) is 18.4 Å². The monoisotopic (exact) mass is 222 g/mol. The largest absolute Gasteiger partial charge is 0.508 e. The molecule has 1 aromatic rings. The number of phenols is 2. The van der Waals surface area contributed by atoms with Crippen molar-refractivity contribution in [2.24, 2.45) is 0 Å². The van der Waals surface area contributed by atoms with Crippen LogP contribution in [0.5, 0.6) is 11.5 Å². The zero-order chi connectivity index (χ0) is 11.8. The Labute approximate surface area is 97.9 Å². The van der Waals surface area contributed by atoms with Gasteiger partial charge in [0, 0.05) is 0 Å². The fraction of sp³-hybridized carbons (Fsp3) is 0.571. The Morgan fingerprint density at radius 2 is 1.62 bits per heavy atom. The topological polar surface area (TPSA) is 40.5 Å². The van der Waals surface area contributed by atoms with Crippen molar-refractivity contribution in [2.75, 3.05) is 0 Å². The molecule has 0 spiro atoms. The summed E-state index contributed by atoms with van der Waals surface area (Å²) in [6.45, 7) is 2.21. The number of phenolic OH excluding ortho intramolecular Hbond substituents is 2. The highest BCUT2D eigenvalue weighted by molar-refractivity contribution is 5.38. The maximum atomic E-state index is 9.56. The molecule has 0 aromatic heterocycles. The first kappa shape index (κ1) is 12.9. The molecule has 0 bridgehead atoms. The SMILES string of the molecule is CCCCCCCCc1cc(O)ccc1O. The third-order valence-electron chi connectivity index (χ3n) is 2.86. The molecule has 0 heterocycles. The second-order valence-electron chi connectivity index (χ2n) is 4.33. The summed E-state index contributed by atoms with van der Waals surface area (Å²) < 4.78 is 0. The Morgan fingerprint density at radius 3 is 2.38 bits per heavy atom. The zero-order valence-electron chi connectivity index (χ0n) is 10.1. The van der Waals surface area contributed by atoms with Gasteiger partial charge in [-0.1, -0.05) is 39.0 Å². The molecule has 0 aliphatic heterocycles. The quantitative estimate of drug-likeness (QED) is 0.540. The highest BCUT2D eigenvalue weighted by Gasteiger charge is 2.01. The fourth-order valence-electron chi connectivity index (χ4n) is 1.87. The Balaban J connectivity index is 2.23. The first-order valence-corrected chi connectivity index (χ1v) is 6.25. The van der Waals surface area contributed by atoms with Gasteiger partial charge in [0.2, 0.25) is 0 Å². The van der Waals surface area contributed by atoms with E-state index in [1.807, 2.05) is 0 Å². The molecular weight excluding hydrogens is 200 g/mol. The Bertz CT molecular complexity index is 308. The van der Waals surface area contributed by atoms with E-state index < -0.39 is 0 Å². The second kappa shape index (κ2) is 7.15. The minimum Gasteiger partial charge on any atom is -0.508 e. The number of aryl methyl sites for hydroxylation is 1. The molecule has 0 fully saturated rings. The van der Waals surface area contributed by atoms with Gasteiger partial charge in [-0.25, -0.2) is 0 Å². The van der Waals surface area contributed by atoms with Crippen LogP contribution in [0, 0.1) is 0 Å². The highest BCUT2D eigenvalue weighted by atomic mass is 16.3. The summed E-state index contributed by atoms with van der Waals surface area (Å²) in [5.74, 6) is 0.533. The molecule has 0 atom stereocenters. The molecule has 0 aliphatic rings. The lowest BCUT2D eigenvalue weighted by molar-refractivity contribution is 0.452. The average molecular weight is 222 g/mol. The van der Waals surface area contributed by atoms with Crippen LogP contribution in [-0.4, -0.2) is 10.2 Å². The standard InChI is InChI=1S/C14H22O2/c1-2-3-4-5-6-7-8-12-11-13(15)9-10-14(12)16/h9-11,15-16H,2-8H2,1H3. The zero-order valence-corrected chi connectivity index (χ0v) is 10.1. The number of aromatic hydroxyl groups is 2. The summed E-state index contributed by atoms with van der Waals surface area (Å²) in [5, 5.41) is 18.9. The van der Waals surface area contributed by atoms with E-state index in [1.165, 1.54) is 38.2 Å². The van der Waals surface area contributed by atoms with E-state index in [2.05, 4.69) is 6.92 Å². The van der Waals surface area contributed by atoms with Crippen molar-refractivity contribution >= 4 is 0 Å². The van der Waals surface area contributed by atoms with Gasteiger partial charge in [0.05, 0.1) is 0 Å². The van der Waals surface area contributed by atoms with Crippen LogP contribution >= 0.6 is 0 Å². The second-order valence-corrected chi connectivity index (χ2v) is 4.33. The van der Waals surface area contributed by atoms with Crippen molar-refractivity contribution in [3.8, 4) is 11.5 Å². The van der Waals surface area contributed by atoms with Gasteiger partial charge < -0.3 is 10.2 Å². The molecule has 2 N–H and O–H groups in total. The first-order chi connectivity index (χ1) is 7.74. The summed E-state index contributed by atoms with van der Waals surface area (Å²) in [4.78, 5) is 0. The van der Waals surface area contributed by atoms with Gasteiger partial charge in [-0.15, -0.1) is 0 Å². The molecule has 0 saturated heterocycles. The van der Waals surface area contributed by atoms with Crippen molar-refractivity contribution in [1.82, 2.24) is 0 Å². The molecular formula is C14H22O2. The number of benzene rings is 1. The third kappa shape index (κ3) is 4.56. The summed E-state index contributed by atoms with van der Waals surface area (Å²) in [6, 6.07) is 4.73. The summed E-state index contributed by atoms with van der Waals surface area (Å²) in [7, 11) is 0. The van der Waals surface area contributed by atoms with Crippen molar-refractivity contribution in [3.63, 3.8) is 0 Å². The van der Waals surface area contributed by atoms with Gasteiger partial charge in [0.15, 0.2) is 0 Å². The number of rotatable bonds is 7. The van der Waals surface area contributed by atoms with Gasteiger partial charge in [-0.2, -0.15) is 0 Å². The molecule has 1 rings (SSSR count). The maximum Gasteiger partial charge on any atom is 0.119 e. The Morgan fingerprint density at radius 1 is 0.938 bits per heavy atom. The summed E-state index contributed by atoms with van der Waals surface area (Å²) in [6.07, 6.45) is 8.31. The van der Waals surface area contributed by atoms with Crippen LogP contribution in [0.4, 0.5) is 0 Å². The Hall–Kier alpha value is -1.18. The predicted molar refractivity (Wildman–Crippen MR) is 66.9 cm³/mol. The molecule has 0 aliphatic carbocycles. The van der Waals surface area contributed by atoms with Crippen LogP contribution in [0.25, 0.3) is 0 Å². The minimum absolute atomic E-state index is 0.235. The van der Waals surface area contributed by atoms with Crippen molar-refractivity contribution < 1.29 is 10.2 Å². The summed E-state index contributed by atoms with van der Waals surface area (Å²) >= 11 is 0. The minimum atomic E-state index is 0.235. The predicted octanol–water partition coefficient (Wildman–Crippen LogP) is 4.00. The third-order valence-corrected chi connectivity index (χ3v) is 2.86. The van der Waals surface area contributed by atoms with Crippen molar-refractivity contribution in [1.29, 1.82) is 0 Å². The van der Waals surface area contributed by atoms with Gasteiger partial charge in [0.1, 0.15) is 11.5 Å². The van der Waals surface area contributed by atoms with Crippen LogP contribution in [-0.2, 0) is 6.42 Å². The van der Waals surface area contributed by atoms with E-state index in [0.29, 0.717) is 5.75 Å². The molecule has 0 radical (unpaired) electrons. The van der Waals surface area contributed by atoms with E-state index in [1.54, 1.807) is 12.1 Å². The van der Waals surface area contributed by atoms with Crippen LogP contribution in [0.15, 0.2) is 18.2 Å². The molecule has 2 heteroatoms. The van der Waals surface area contributed by atoms with E-state index in [9.17, 15) is 10.2 Å². The molecule has 0 saturated carbocycles. The van der Waals surface area contributed by atoms with Crippen LogP contribution in [0.3, 0.4) is 0 Å². The van der Waals surface area contributed by atoms with Gasteiger partial charge >= 0.3 is 0 Å². The van der Waals surface area contributed by atoms with Crippen molar-refractivity contribution in [2.45, 2.75) is 51.9 Å². The molecule has 2 nitrogen and oxygen atoms in total. The number of hydrogen-bond donors (Lipinski definition) is 2. The normalized spacial score (nSPS) is 10.6. The highest BCUT2D eigenvalue weighted by Crippen LogP contribution is 2.23. The van der Waals surface area contributed by atoms with Crippen molar-refractivity contribution in [3.05, 3.63) is 23.8 Å². The molecule has 1 aromatic carbocycles. The van der Waals surface area contributed by atoms with Gasteiger partial charge in [-0.05, 0) is 36.6 Å². The average Bonchev–Trinajstić information content (AvgIpc) is 2.28. The lowest BCUT2D eigenvalue weighted by Crippen LogP contribution is -1.87. The fourth-order valence-corrected chi connectivity index (χ4v) is 1.87. The number of hydrogen-bond acceptors (Lipinski definition) is 2. The van der Waals surface area contributed by atoms with Crippen LogP contribution in [0.2, 0.25) is 0 Å². The van der Waals surface area contributed by atoms with Crippen LogP contribution < -0.4 is 0 Å². The summed E-state index contributed by atoms with van der Waals surface area (Å²) in [5.41, 5.74) is 0.857. The lowest BCUT2D eigenvalue weighted by atomic mass is 10.0.